The fraction of sp³-hybridized carbons (Fsp3) is 0.500. The minimum absolute atomic E-state index is 0.0805. The van der Waals surface area contributed by atoms with Crippen molar-refractivity contribution < 1.29 is 9.53 Å². The van der Waals surface area contributed by atoms with Gasteiger partial charge < -0.3 is 9.64 Å². The lowest BCUT2D eigenvalue weighted by atomic mass is 9.95. The molecule has 0 saturated carbocycles. The zero-order chi connectivity index (χ0) is 13.0. The van der Waals surface area contributed by atoms with Gasteiger partial charge in [-0.05, 0) is 25.0 Å². The van der Waals surface area contributed by atoms with E-state index in [-0.39, 0.29) is 11.8 Å². The van der Waals surface area contributed by atoms with Gasteiger partial charge in [-0.3, -0.25) is 4.79 Å². The van der Waals surface area contributed by atoms with E-state index in [0.717, 1.165) is 17.7 Å². The highest BCUT2D eigenvalue weighted by atomic mass is 35.5. The third-order valence-corrected chi connectivity index (χ3v) is 3.45. The van der Waals surface area contributed by atoms with Crippen molar-refractivity contribution in [1.29, 1.82) is 0 Å². The summed E-state index contributed by atoms with van der Waals surface area (Å²) >= 11 is 5.71. The van der Waals surface area contributed by atoms with Crippen molar-refractivity contribution in [2.45, 2.75) is 13.3 Å². The number of carbonyl (C=O) groups is 1. The van der Waals surface area contributed by atoms with Gasteiger partial charge in [-0.25, -0.2) is 0 Å². The summed E-state index contributed by atoms with van der Waals surface area (Å²) in [6, 6.07) is 7.90. The first-order chi connectivity index (χ1) is 8.76. The molecule has 98 valence electrons. The van der Waals surface area contributed by atoms with Gasteiger partial charge in [0.25, 0.3) is 0 Å². The number of fused-ring (bicyclic) bond motifs is 1. The average molecular weight is 268 g/mol. The van der Waals surface area contributed by atoms with E-state index in [2.05, 4.69) is 0 Å². The number of ether oxygens (including phenoxy) is 1. The Hall–Kier alpha value is -1.22. The van der Waals surface area contributed by atoms with Crippen LogP contribution in [0, 0.1) is 5.92 Å². The number of benzene rings is 1. The molecule has 1 aliphatic heterocycles. The summed E-state index contributed by atoms with van der Waals surface area (Å²) in [5, 5.41) is 0. The van der Waals surface area contributed by atoms with Gasteiger partial charge >= 0.3 is 0 Å². The number of halogens is 1. The lowest BCUT2D eigenvalue weighted by Crippen LogP contribution is -2.41. The molecule has 2 rings (SSSR count). The predicted octanol–water partition coefficient (Wildman–Crippen LogP) is 2.33. The van der Waals surface area contributed by atoms with Crippen LogP contribution in [-0.2, 0) is 11.2 Å². The van der Waals surface area contributed by atoms with E-state index in [9.17, 15) is 4.79 Å². The maximum atomic E-state index is 12.3. The minimum Gasteiger partial charge on any atom is -0.492 e. The molecular formula is C14H18ClNO2. The summed E-state index contributed by atoms with van der Waals surface area (Å²) in [5.74, 6) is 1.45. The van der Waals surface area contributed by atoms with Crippen molar-refractivity contribution in [3.8, 4) is 5.75 Å². The van der Waals surface area contributed by atoms with E-state index in [1.165, 1.54) is 0 Å². The first-order valence-electron chi connectivity index (χ1n) is 6.31. The van der Waals surface area contributed by atoms with Gasteiger partial charge in [0, 0.05) is 19.0 Å². The molecule has 0 bridgehead atoms. The SMILES string of the molecule is CCN(CCCl)C(=O)C1COc2ccccc2C1. The number of alkyl halides is 1. The Morgan fingerprint density at radius 2 is 2.28 bits per heavy atom. The highest BCUT2D eigenvalue weighted by molar-refractivity contribution is 6.18. The quantitative estimate of drug-likeness (QED) is 0.784. The van der Waals surface area contributed by atoms with Crippen LogP contribution in [0.5, 0.6) is 5.75 Å². The fourth-order valence-corrected chi connectivity index (χ4v) is 2.48. The number of nitrogens with zero attached hydrogens (tertiary/aromatic N) is 1. The van der Waals surface area contributed by atoms with Crippen molar-refractivity contribution in [2.75, 3.05) is 25.6 Å². The average Bonchev–Trinajstić information content (AvgIpc) is 2.43. The predicted molar refractivity (Wildman–Crippen MR) is 72.1 cm³/mol. The number of para-hydroxylation sites is 1. The standard InChI is InChI=1S/C14H18ClNO2/c1-2-16(8-7-15)14(17)12-9-11-5-3-4-6-13(11)18-10-12/h3-6,12H,2,7-10H2,1H3. The van der Waals surface area contributed by atoms with Crippen LogP contribution in [0.1, 0.15) is 12.5 Å². The molecule has 1 amide bonds. The van der Waals surface area contributed by atoms with Gasteiger partial charge in [-0.1, -0.05) is 18.2 Å². The van der Waals surface area contributed by atoms with E-state index >= 15 is 0 Å². The monoisotopic (exact) mass is 267 g/mol. The number of hydrogen-bond donors (Lipinski definition) is 0. The maximum Gasteiger partial charge on any atom is 0.229 e. The van der Waals surface area contributed by atoms with Crippen LogP contribution >= 0.6 is 11.6 Å². The van der Waals surface area contributed by atoms with E-state index in [0.29, 0.717) is 25.6 Å². The van der Waals surface area contributed by atoms with Crippen LogP contribution in [0.25, 0.3) is 0 Å². The normalized spacial score (nSPS) is 17.8. The molecule has 1 heterocycles. The molecule has 18 heavy (non-hydrogen) atoms. The smallest absolute Gasteiger partial charge is 0.229 e. The Bertz CT molecular complexity index is 422. The molecule has 0 N–H and O–H groups in total. The lowest BCUT2D eigenvalue weighted by Gasteiger charge is -2.29. The Labute approximate surface area is 113 Å². The summed E-state index contributed by atoms with van der Waals surface area (Å²) in [5.41, 5.74) is 1.11. The fourth-order valence-electron chi connectivity index (χ4n) is 2.27. The third kappa shape index (κ3) is 2.78. The molecule has 0 aromatic heterocycles. The van der Waals surface area contributed by atoms with Gasteiger partial charge in [0.05, 0.1) is 5.92 Å². The molecule has 1 unspecified atom stereocenters. The molecule has 0 radical (unpaired) electrons. The van der Waals surface area contributed by atoms with Crippen LogP contribution in [0.3, 0.4) is 0 Å². The van der Waals surface area contributed by atoms with Crippen molar-refractivity contribution in [3.63, 3.8) is 0 Å². The Morgan fingerprint density at radius 1 is 1.50 bits per heavy atom. The summed E-state index contributed by atoms with van der Waals surface area (Å²) < 4.78 is 5.65. The molecule has 0 aliphatic carbocycles. The van der Waals surface area contributed by atoms with Crippen LogP contribution in [-0.4, -0.2) is 36.4 Å². The highest BCUT2D eigenvalue weighted by Gasteiger charge is 2.28. The van der Waals surface area contributed by atoms with Gasteiger partial charge in [-0.15, -0.1) is 11.6 Å². The molecular weight excluding hydrogens is 250 g/mol. The van der Waals surface area contributed by atoms with Crippen LogP contribution < -0.4 is 4.74 Å². The molecule has 1 aliphatic rings. The van der Waals surface area contributed by atoms with Crippen molar-refractivity contribution in [3.05, 3.63) is 29.8 Å². The van der Waals surface area contributed by atoms with E-state index in [1.807, 2.05) is 31.2 Å². The maximum absolute atomic E-state index is 12.3. The van der Waals surface area contributed by atoms with E-state index < -0.39 is 0 Å². The first kappa shape index (κ1) is 13.2. The second kappa shape index (κ2) is 6.10. The Kier molecular flexibility index (Phi) is 4.48. The zero-order valence-corrected chi connectivity index (χ0v) is 11.3. The van der Waals surface area contributed by atoms with Gasteiger partial charge in [0.1, 0.15) is 12.4 Å². The molecule has 1 aromatic carbocycles. The largest absolute Gasteiger partial charge is 0.492 e. The number of rotatable bonds is 4. The summed E-state index contributed by atoms with van der Waals surface area (Å²) in [7, 11) is 0. The molecule has 1 atom stereocenters. The lowest BCUT2D eigenvalue weighted by molar-refractivity contribution is -0.136. The van der Waals surface area contributed by atoms with E-state index in [1.54, 1.807) is 4.90 Å². The molecule has 0 fully saturated rings. The van der Waals surface area contributed by atoms with Crippen molar-refractivity contribution in [2.24, 2.45) is 5.92 Å². The summed E-state index contributed by atoms with van der Waals surface area (Å²) in [6.45, 7) is 3.75. The molecule has 4 heteroatoms. The van der Waals surface area contributed by atoms with Crippen molar-refractivity contribution >= 4 is 17.5 Å². The molecule has 0 saturated heterocycles. The number of carbonyl (C=O) groups excluding carboxylic acids is 1. The van der Waals surface area contributed by atoms with E-state index in [4.69, 9.17) is 16.3 Å². The number of hydrogen-bond acceptors (Lipinski definition) is 2. The number of amides is 1. The van der Waals surface area contributed by atoms with Gasteiger partial charge in [0.2, 0.25) is 5.91 Å². The first-order valence-corrected chi connectivity index (χ1v) is 6.85. The molecule has 0 spiro atoms. The summed E-state index contributed by atoms with van der Waals surface area (Å²) in [4.78, 5) is 14.1. The van der Waals surface area contributed by atoms with Crippen molar-refractivity contribution in [1.82, 2.24) is 4.90 Å². The summed E-state index contributed by atoms with van der Waals surface area (Å²) in [6.07, 6.45) is 0.758. The second-order valence-corrected chi connectivity index (χ2v) is 4.80. The third-order valence-electron chi connectivity index (χ3n) is 3.28. The van der Waals surface area contributed by atoms with Gasteiger partial charge in [-0.2, -0.15) is 0 Å². The van der Waals surface area contributed by atoms with Gasteiger partial charge in [0.15, 0.2) is 0 Å². The Balaban J connectivity index is 2.06. The van der Waals surface area contributed by atoms with Crippen LogP contribution in [0.4, 0.5) is 0 Å². The Morgan fingerprint density at radius 3 is 3.00 bits per heavy atom. The van der Waals surface area contributed by atoms with Crippen LogP contribution in [0.15, 0.2) is 24.3 Å². The minimum atomic E-state index is -0.0805. The molecule has 3 nitrogen and oxygen atoms in total. The molecule has 1 aromatic rings. The van der Waals surface area contributed by atoms with Crippen LogP contribution in [0.2, 0.25) is 0 Å². The topological polar surface area (TPSA) is 29.5 Å². The highest BCUT2D eigenvalue weighted by Crippen LogP contribution is 2.27. The second-order valence-electron chi connectivity index (χ2n) is 4.43. The zero-order valence-electron chi connectivity index (χ0n) is 10.6.